The van der Waals surface area contributed by atoms with Gasteiger partial charge in [-0.15, -0.1) is 0 Å². The molecule has 0 fully saturated rings. The van der Waals surface area contributed by atoms with Gasteiger partial charge in [-0.05, 0) is 44.2 Å². The summed E-state index contributed by atoms with van der Waals surface area (Å²) in [5.74, 6) is 0.490. The van der Waals surface area contributed by atoms with Crippen LogP contribution in [0, 0.1) is 6.92 Å². The average molecular weight is 337 g/mol. The van der Waals surface area contributed by atoms with Crippen LogP contribution in [0.15, 0.2) is 48.5 Å². The third kappa shape index (κ3) is 3.60. The van der Waals surface area contributed by atoms with Crippen molar-refractivity contribution in [3.63, 3.8) is 0 Å². The fourth-order valence-corrected chi connectivity index (χ4v) is 2.66. The van der Waals surface area contributed by atoms with E-state index in [-0.39, 0.29) is 0 Å². The summed E-state index contributed by atoms with van der Waals surface area (Å²) >= 11 is 0. The number of rotatable bonds is 3. The summed E-state index contributed by atoms with van der Waals surface area (Å²) in [6.45, 7) is 4.79. The lowest BCUT2D eigenvalue weighted by atomic mass is 10.2. The molecular formula is C18H19N5O2. The Morgan fingerprint density at radius 1 is 1.08 bits per heavy atom. The molecule has 1 heterocycles. The number of fused-ring (bicyclic) bond motifs is 1. The molecule has 0 saturated carbocycles. The van der Waals surface area contributed by atoms with Gasteiger partial charge < -0.3 is 9.88 Å². The highest BCUT2D eigenvalue weighted by Gasteiger charge is 2.11. The van der Waals surface area contributed by atoms with Gasteiger partial charge >= 0.3 is 6.03 Å². The van der Waals surface area contributed by atoms with Gasteiger partial charge in [0, 0.05) is 17.8 Å². The lowest BCUT2D eigenvalue weighted by Crippen LogP contribution is -2.43. The molecule has 0 aliphatic carbocycles. The summed E-state index contributed by atoms with van der Waals surface area (Å²) in [5.41, 5.74) is 7.50. The molecule has 0 atom stereocenters. The zero-order valence-electron chi connectivity index (χ0n) is 14.0. The van der Waals surface area contributed by atoms with Gasteiger partial charge in [0.15, 0.2) is 0 Å². The van der Waals surface area contributed by atoms with Crippen molar-refractivity contribution >= 4 is 28.7 Å². The fourth-order valence-electron chi connectivity index (χ4n) is 2.66. The highest BCUT2D eigenvalue weighted by molar-refractivity contribution is 5.99. The van der Waals surface area contributed by atoms with Crippen LogP contribution in [-0.2, 0) is 6.54 Å². The van der Waals surface area contributed by atoms with Gasteiger partial charge in [0.2, 0.25) is 0 Å². The first kappa shape index (κ1) is 16.5. The molecule has 0 spiro atoms. The Morgan fingerprint density at radius 2 is 1.84 bits per heavy atom. The summed E-state index contributed by atoms with van der Waals surface area (Å²) in [5, 5.41) is 2.62. The third-order valence-electron chi connectivity index (χ3n) is 3.84. The number of hydrazine groups is 1. The minimum atomic E-state index is -0.522. The van der Waals surface area contributed by atoms with Crippen molar-refractivity contribution in [3.8, 4) is 0 Å². The van der Waals surface area contributed by atoms with E-state index in [1.54, 1.807) is 36.4 Å². The van der Waals surface area contributed by atoms with Crippen LogP contribution < -0.4 is 16.2 Å². The molecule has 3 N–H and O–H groups in total. The molecular weight excluding hydrogens is 318 g/mol. The van der Waals surface area contributed by atoms with Crippen LogP contribution in [0.1, 0.15) is 23.1 Å². The second-order valence-electron chi connectivity index (χ2n) is 5.51. The topological polar surface area (TPSA) is 88.1 Å². The number of nitrogens with zero attached hydrogens (tertiary/aromatic N) is 2. The van der Waals surface area contributed by atoms with Crippen molar-refractivity contribution < 1.29 is 9.59 Å². The lowest BCUT2D eigenvalue weighted by molar-refractivity contribution is 0.0938. The second-order valence-corrected chi connectivity index (χ2v) is 5.51. The smallest absolute Gasteiger partial charge is 0.329 e. The number of imidazole rings is 1. The minimum Gasteiger partial charge on any atom is -0.329 e. The number of carbonyl (C=O) groups excluding carboxylic acids is 2. The van der Waals surface area contributed by atoms with Crippen LogP contribution in [0.25, 0.3) is 11.0 Å². The molecule has 7 nitrogen and oxygen atoms in total. The van der Waals surface area contributed by atoms with E-state index >= 15 is 0 Å². The largest absolute Gasteiger partial charge is 0.337 e. The lowest BCUT2D eigenvalue weighted by Gasteiger charge is -2.09. The van der Waals surface area contributed by atoms with E-state index in [4.69, 9.17) is 0 Å². The zero-order chi connectivity index (χ0) is 17.8. The quantitative estimate of drug-likeness (QED) is 0.642. The van der Waals surface area contributed by atoms with Gasteiger partial charge in [-0.1, -0.05) is 18.2 Å². The number of carbonyl (C=O) groups is 2. The van der Waals surface area contributed by atoms with E-state index in [1.165, 1.54) is 0 Å². The monoisotopic (exact) mass is 337 g/mol. The Morgan fingerprint density at radius 3 is 2.56 bits per heavy atom. The van der Waals surface area contributed by atoms with Gasteiger partial charge in [-0.3, -0.25) is 10.2 Å². The van der Waals surface area contributed by atoms with E-state index in [9.17, 15) is 9.59 Å². The second kappa shape index (κ2) is 7.04. The van der Waals surface area contributed by atoms with Crippen LogP contribution in [0.5, 0.6) is 0 Å². The third-order valence-corrected chi connectivity index (χ3v) is 3.84. The predicted octanol–water partition coefficient (Wildman–Crippen LogP) is 2.83. The van der Waals surface area contributed by atoms with Crippen LogP contribution >= 0.6 is 0 Å². The van der Waals surface area contributed by atoms with Crippen LogP contribution in [0.2, 0.25) is 0 Å². The number of hydrogen-bond donors (Lipinski definition) is 3. The van der Waals surface area contributed by atoms with Crippen molar-refractivity contribution in [2.45, 2.75) is 20.4 Å². The number of aryl methyl sites for hydroxylation is 2. The Hall–Kier alpha value is -3.35. The highest BCUT2D eigenvalue weighted by atomic mass is 16.2. The predicted molar refractivity (Wildman–Crippen MR) is 96.2 cm³/mol. The summed E-state index contributed by atoms with van der Waals surface area (Å²) < 4.78 is 2.07. The molecule has 0 bridgehead atoms. The number of amides is 3. The van der Waals surface area contributed by atoms with Crippen molar-refractivity contribution in [1.82, 2.24) is 20.4 Å². The van der Waals surface area contributed by atoms with E-state index < -0.39 is 11.9 Å². The van der Waals surface area contributed by atoms with Gasteiger partial charge in [-0.25, -0.2) is 15.2 Å². The van der Waals surface area contributed by atoms with Crippen LogP contribution in [-0.4, -0.2) is 21.5 Å². The van der Waals surface area contributed by atoms with E-state index in [0.29, 0.717) is 11.3 Å². The highest BCUT2D eigenvalue weighted by Crippen LogP contribution is 2.17. The van der Waals surface area contributed by atoms with E-state index in [1.807, 2.05) is 26.0 Å². The minimum absolute atomic E-state index is 0.409. The standard InChI is InChI=1S/C18H19N5O2/c1-3-23-12(2)19-15-11-13(9-10-16(15)23)17(24)21-22-18(25)20-14-7-5-4-6-8-14/h4-11H,3H2,1-2H3,(H,21,24)(H2,20,22,25). The Labute approximate surface area is 145 Å². The van der Waals surface area contributed by atoms with Crippen LogP contribution in [0.3, 0.4) is 0 Å². The molecule has 0 unspecified atom stereocenters. The SMILES string of the molecule is CCn1c(C)nc2cc(C(=O)NNC(=O)Nc3ccccc3)ccc21. The van der Waals surface area contributed by atoms with Crippen molar-refractivity contribution in [2.75, 3.05) is 5.32 Å². The van der Waals surface area contributed by atoms with Gasteiger partial charge in [-0.2, -0.15) is 0 Å². The van der Waals surface area contributed by atoms with E-state index in [2.05, 4.69) is 25.7 Å². The molecule has 2 aromatic carbocycles. The molecule has 7 heteroatoms. The molecule has 1 aromatic heterocycles. The van der Waals surface area contributed by atoms with Gasteiger partial charge in [0.1, 0.15) is 5.82 Å². The number of anilines is 1. The normalized spacial score (nSPS) is 10.5. The molecule has 0 aliphatic heterocycles. The molecule has 25 heavy (non-hydrogen) atoms. The summed E-state index contributed by atoms with van der Waals surface area (Å²) in [6, 6.07) is 13.7. The summed E-state index contributed by atoms with van der Waals surface area (Å²) in [4.78, 5) is 28.5. The van der Waals surface area contributed by atoms with E-state index in [0.717, 1.165) is 23.4 Å². The molecule has 0 aliphatic rings. The Balaban J connectivity index is 1.65. The Bertz CT molecular complexity index is 918. The Kier molecular flexibility index (Phi) is 4.65. The maximum atomic E-state index is 12.2. The van der Waals surface area contributed by atoms with Crippen LogP contribution in [0.4, 0.5) is 10.5 Å². The maximum absolute atomic E-state index is 12.2. The number of urea groups is 1. The van der Waals surface area contributed by atoms with Crippen molar-refractivity contribution in [3.05, 3.63) is 59.9 Å². The molecule has 128 valence electrons. The summed E-state index contributed by atoms with van der Waals surface area (Å²) in [7, 11) is 0. The number of hydrogen-bond acceptors (Lipinski definition) is 3. The first-order valence-corrected chi connectivity index (χ1v) is 7.97. The number of benzene rings is 2. The van der Waals surface area contributed by atoms with Gasteiger partial charge in [0.25, 0.3) is 5.91 Å². The molecule has 3 amide bonds. The number of nitrogens with one attached hydrogen (secondary N) is 3. The fraction of sp³-hybridized carbons (Fsp3) is 0.167. The molecule has 3 rings (SSSR count). The molecule has 0 saturated heterocycles. The van der Waals surface area contributed by atoms with Crippen molar-refractivity contribution in [2.24, 2.45) is 0 Å². The maximum Gasteiger partial charge on any atom is 0.337 e. The summed E-state index contributed by atoms with van der Waals surface area (Å²) in [6.07, 6.45) is 0. The zero-order valence-corrected chi connectivity index (χ0v) is 14.0. The van der Waals surface area contributed by atoms with Gasteiger partial charge in [0.05, 0.1) is 11.0 Å². The van der Waals surface area contributed by atoms with Crippen molar-refractivity contribution in [1.29, 1.82) is 0 Å². The first-order chi connectivity index (χ1) is 12.1. The molecule has 3 aromatic rings. The number of aromatic nitrogens is 2. The number of para-hydroxylation sites is 1. The molecule has 0 radical (unpaired) electrons. The average Bonchev–Trinajstić information content (AvgIpc) is 2.94. The first-order valence-electron chi connectivity index (χ1n) is 7.97.